The summed E-state index contributed by atoms with van der Waals surface area (Å²) in [6.45, 7) is 3.68. The van der Waals surface area contributed by atoms with Crippen molar-refractivity contribution < 1.29 is 19.4 Å². The first-order chi connectivity index (χ1) is 12.8. The lowest BCUT2D eigenvalue weighted by molar-refractivity contribution is -0.137. The number of carboxylic acid groups (broad SMARTS) is 1. The molecule has 142 valence electrons. The lowest BCUT2D eigenvalue weighted by Gasteiger charge is -2.14. The van der Waals surface area contributed by atoms with Crippen LogP contribution in [0.15, 0.2) is 50.9 Å². The van der Waals surface area contributed by atoms with Gasteiger partial charge in [-0.15, -0.1) is 0 Å². The molecule has 0 heterocycles. The van der Waals surface area contributed by atoms with Gasteiger partial charge in [0.1, 0.15) is 12.4 Å². The van der Waals surface area contributed by atoms with E-state index in [4.69, 9.17) is 9.84 Å². The molecule has 0 unspecified atom stereocenters. The van der Waals surface area contributed by atoms with Gasteiger partial charge in [-0.3, -0.25) is 9.59 Å². The van der Waals surface area contributed by atoms with E-state index in [9.17, 15) is 9.59 Å². The number of carbonyl (C=O) groups excluding carboxylic acids is 1. The minimum absolute atomic E-state index is 0.0353. The normalized spacial score (nSPS) is 11.3. The van der Waals surface area contributed by atoms with Gasteiger partial charge in [0.05, 0.1) is 8.95 Å². The minimum atomic E-state index is -0.826. The van der Waals surface area contributed by atoms with E-state index >= 15 is 0 Å². The summed E-state index contributed by atoms with van der Waals surface area (Å²) in [5.74, 6) is -0.141. The third kappa shape index (κ3) is 6.33. The quantitative estimate of drug-likeness (QED) is 0.470. The van der Waals surface area contributed by atoms with Gasteiger partial charge in [0.2, 0.25) is 0 Å². The fourth-order valence-corrected chi connectivity index (χ4v) is 3.95. The predicted octanol–water partition coefficient (Wildman–Crippen LogP) is 5.80. The summed E-state index contributed by atoms with van der Waals surface area (Å²) in [6.07, 6.45) is 2.39. The van der Waals surface area contributed by atoms with Gasteiger partial charge in [-0.2, -0.15) is 0 Å². The van der Waals surface area contributed by atoms with Crippen molar-refractivity contribution in [2.24, 2.45) is 0 Å². The van der Waals surface area contributed by atoms with Crippen molar-refractivity contribution in [3.05, 3.63) is 67.6 Å². The number of carbonyl (C=O) groups is 2. The molecular formula is C21H20Br2O4. The van der Waals surface area contributed by atoms with Crippen molar-refractivity contribution in [3.8, 4) is 5.75 Å². The second-order valence-electron chi connectivity index (χ2n) is 6.15. The van der Waals surface area contributed by atoms with Crippen LogP contribution in [0.25, 0.3) is 6.08 Å². The number of benzene rings is 2. The van der Waals surface area contributed by atoms with E-state index in [2.05, 4.69) is 31.9 Å². The van der Waals surface area contributed by atoms with Crippen LogP contribution >= 0.6 is 31.9 Å². The summed E-state index contributed by atoms with van der Waals surface area (Å²) in [7, 11) is 0. The van der Waals surface area contributed by atoms with E-state index in [1.54, 1.807) is 13.8 Å². The Morgan fingerprint density at radius 1 is 1.11 bits per heavy atom. The van der Waals surface area contributed by atoms with Gasteiger partial charge >= 0.3 is 5.97 Å². The second-order valence-corrected chi connectivity index (χ2v) is 7.86. The molecule has 2 aromatic carbocycles. The molecule has 0 radical (unpaired) electrons. The van der Waals surface area contributed by atoms with Crippen LogP contribution in [0.5, 0.6) is 5.75 Å². The van der Waals surface area contributed by atoms with Crippen LogP contribution in [0.3, 0.4) is 0 Å². The highest BCUT2D eigenvalue weighted by molar-refractivity contribution is 9.11. The van der Waals surface area contributed by atoms with Gasteiger partial charge in [-0.1, -0.05) is 24.3 Å². The Labute approximate surface area is 175 Å². The first-order valence-electron chi connectivity index (χ1n) is 8.37. The van der Waals surface area contributed by atoms with Gasteiger partial charge in [-0.25, -0.2) is 0 Å². The molecule has 0 atom stereocenters. The van der Waals surface area contributed by atoms with Gasteiger partial charge in [0, 0.05) is 6.42 Å². The van der Waals surface area contributed by atoms with Crippen molar-refractivity contribution in [3.63, 3.8) is 0 Å². The minimum Gasteiger partial charge on any atom is -0.487 e. The molecule has 27 heavy (non-hydrogen) atoms. The second kappa shape index (κ2) is 9.85. The van der Waals surface area contributed by atoms with Crippen LogP contribution < -0.4 is 4.74 Å². The van der Waals surface area contributed by atoms with Crippen LogP contribution in [-0.2, 0) is 22.6 Å². The average molecular weight is 496 g/mol. The average Bonchev–Trinajstić information content (AvgIpc) is 2.60. The van der Waals surface area contributed by atoms with Crippen LogP contribution in [0, 0.1) is 0 Å². The SMILES string of the molecule is CC(=O)C(C)=Cc1ccccc1COc1c(Br)cc(CCC(=O)O)cc1Br. The number of hydrogen-bond acceptors (Lipinski definition) is 3. The molecule has 0 aliphatic carbocycles. The summed E-state index contributed by atoms with van der Waals surface area (Å²) in [5, 5.41) is 8.83. The zero-order chi connectivity index (χ0) is 20.0. The third-order valence-electron chi connectivity index (χ3n) is 4.04. The first-order valence-corrected chi connectivity index (χ1v) is 9.96. The highest BCUT2D eigenvalue weighted by Gasteiger charge is 2.11. The fourth-order valence-electron chi connectivity index (χ4n) is 2.44. The summed E-state index contributed by atoms with van der Waals surface area (Å²) in [4.78, 5) is 22.3. The number of ketones is 1. The number of carboxylic acids is 1. The number of Topliss-reactive ketones (excluding diaryl/α,β-unsaturated/α-hetero) is 1. The molecule has 0 saturated heterocycles. The molecule has 0 aromatic heterocycles. The molecule has 0 bridgehead atoms. The maximum absolute atomic E-state index is 11.5. The molecule has 0 fully saturated rings. The summed E-state index contributed by atoms with van der Waals surface area (Å²) >= 11 is 6.99. The first kappa shape index (κ1) is 21.4. The highest BCUT2D eigenvalue weighted by atomic mass is 79.9. The molecule has 0 saturated carbocycles. The van der Waals surface area contributed by atoms with Crippen LogP contribution in [0.2, 0.25) is 0 Å². The number of ether oxygens (including phenoxy) is 1. The Balaban J connectivity index is 2.19. The summed E-state index contributed by atoms with van der Waals surface area (Å²) < 4.78 is 7.50. The largest absolute Gasteiger partial charge is 0.487 e. The Morgan fingerprint density at radius 2 is 1.74 bits per heavy atom. The molecule has 6 heteroatoms. The zero-order valence-corrected chi connectivity index (χ0v) is 18.3. The Morgan fingerprint density at radius 3 is 2.33 bits per heavy atom. The predicted molar refractivity (Wildman–Crippen MR) is 113 cm³/mol. The number of rotatable bonds is 8. The Hall–Kier alpha value is -1.92. The zero-order valence-electron chi connectivity index (χ0n) is 15.1. The highest BCUT2D eigenvalue weighted by Crippen LogP contribution is 2.36. The van der Waals surface area contributed by atoms with Gasteiger partial charge in [0.25, 0.3) is 0 Å². The van der Waals surface area contributed by atoms with Crippen LogP contribution in [0.4, 0.5) is 0 Å². The molecular weight excluding hydrogens is 476 g/mol. The molecule has 0 spiro atoms. The number of hydrogen-bond donors (Lipinski definition) is 1. The van der Waals surface area contributed by atoms with Crippen LogP contribution in [-0.4, -0.2) is 16.9 Å². The van der Waals surface area contributed by atoms with E-state index in [1.165, 1.54) is 0 Å². The van der Waals surface area contributed by atoms with Gasteiger partial charge in [0.15, 0.2) is 5.78 Å². The molecule has 0 aliphatic heterocycles. The van der Waals surface area contributed by atoms with E-state index in [0.29, 0.717) is 24.4 Å². The number of allylic oxidation sites excluding steroid dienone is 1. The van der Waals surface area contributed by atoms with Crippen molar-refractivity contribution in [1.82, 2.24) is 0 Å². The number of halogens is 2. The summed E-state index contributed by atoms with van der Waals surface area (Å²) in [5.41, 5.74) is 3.50. The standard InChI is InChI=1S/C21H20Br2O4/c1-13(14(2)24)9-16-5-3-4-6-17(16)12-27-21-18(22)10-15(11-19(21)23)7-8-20(25)26/h3-6,9-11H,7-8,12H2,1-2H3,(H,25,26). The molecule has 0 aliphatic rings. The molecule has 2 rings (SSSR count). The van der Waals surface area contributed by atoms with Crippen LogP contribution in [0.1, 0.15) is 37.0 Å². The third-order valence-corrected chi connectivity index (χ3v) is 5.22. The van der Waals surface area contributed by atoms with E-state index in [0.717, 1.165) is 25.6 Å². The topological polar surface area (TPSA) is 63.6 Å². The molecule has 0 amide bonds. The van der Waals surface area contributed by atoms with Gasteiger partial charge in [-0.05, 0) is 92.6 Å². The number of aliphatic carboxylic acids is 1. The maximum atomic E-state index is 11.5. The molecule has 4 nitrogen and oxygen atoms in total. The summed E-state index contributed by atoms with van der Waals surface area (Å²) in [6, 6.07) is 11.5. The van der Waals surface area contributed by atoms with Crippen molar-refractivity contribution in [2.45, 2.75) is 33.3 Å². The molecule has 1 N–H and O–H groups in total. The van der Waals surface area contributed by atoms with E-state index < -0.39 is 5.97 Å². The maximum Gasteiger partial charge on any atom is 0.303 e. The smallest absolute Gasteiger partial charge is 0.303 e. The van der Waals surface area contributed by atoms with E-state index in [1.807, 2.05) is 42.5 Å². The monoisotopic (exact) mass is 494 g/mol. The van der Waals surface area contributed by atoms with Gasteiger partial charge < -0.3 is 9.84 Å². The lowest BCUT2D eigenvalue weighted by Crippen LogP contribution is -2.01. The fraction of sp³-hybridized carbons (Fsp3) is 0.238. The molecule has 2 aromatic rings. The lowest BCUT2D eigenvalue weighted by atomic mass is 10.0. The Bertz CT molecular complexity index is 864. The Kier molecular flexibility index (Phi) is 7.80. The van der Waals surface area contributed by atoms with Crippen molar-refractivity contribution in [2.75, 3.05) is 0 Å². The van der Waals surface area contributed by atoms with Crippen molar-refractivity contribution in [1.29, 1.82) is 0 Å². The number of aryl methyl sites for hydroxylation is 1. The van der Waals surface area contributed by atoms with Crippen molar-refractivity contribution >= 4 is 49.7 Å². The van der Waals surface area contributed by atoms with E-state index in [-0.39, 0.29) is 12.2 Å².